The van der Waals surface area contributed by atoms with E-state index in [2.05, 4.69) is 5.32 Å². The van der Waals surface area contributed by atoms with Gasteiger partial charge in [-0.2, -0.15) is 0 Å². The third-order valence-corrected chi connectivity index (χ3v) is 4.97. The molecule has 2 rings (SSSR count). The van der Waals surface area contributed by atoms with Crippen molar-refractivity contribution < 1.29 is 13.2 Å². The Balaban J connectivity index is 2.29. The molecule has 0 radical (unpaired) electrons. The Bertz CT molecular complexity index is 577. The fraction of sp³-hybridized carbons (Fsp3) is 0.538. The van der Waals surface area contributed by atoms with Crippen molar-refractivity contribution in [2.45, 2.75) is 6.10 Å². The number of rotatable bonds is 3. The largest absolute Gasteiger partial charge is 0.372 e. The summed E-state index contributed by atoms with van der Waals surface area (Å²) in [5.41, 5.74) is 0.858. The molecule has 1 aromatic rings. The number of ether oxygens (including phenoxy) is 1. The van der Waals surface area contributed by atoms with E-state index in [1.54, 1.807) is 12.1 Å². The molecule has 0 aliphatic carbocycles. The van der Waals surface area contributed by atoms with Crippen molar-refractivity contribution >= 4 is 33.0 Å². The molecule has 0 spiro atoms. The monoisotopic (exact) mass is 337 g/mol. The lowest BCUT2D eigenvalue weighted by atomic mass is 9.97. The second kappa shape index (κ2) is 6.62. The quantitative estimate of drug-likeness (QED) is 0.919. The van der Waals surface area contributed by atoms with Gasteiger partial charge >= 0.3 is 0 Å². The minimum atomic E-state index is -3.08. The van der Waals surface area contributed by atoms with E-state index in [9.17, 15) is 8.42 Å². The van der Waals surface area contributed by atoms with Crippen LogP contribution in [0.5, 0.6) is 0 Å². The van der Waals surface area contributed by atoms with Crippen molar-refractivity contribution in [3.05, 3.63) is 33.8 Å². The van der Waals surface area contributed by atoms with Crippen molar-refractivity contribution in [1.82, 2.24) is 5.32 Å². The first kappa shape index (κ1) is 16.0. The van der Waals surface area contributed by atoms with Crippen molar-refractivity contribution in [3.63, 3.8) is 0 Å². The first-order chi connectivity index (χ1) is 9.37. The van der Waals surface area contributed by atoms with Crippen molar-refractivity contribution in [3.8, 4) is 0 Å². The van der Waals surface area contributed by atoms with Gasteiger partial charge in [-0.3, -0.25) is 0 Å². The zero-order chi connectivity index (χ0) is 14.8. The Kier molecular flexibility index (Phi) is 5.31. The van der Waals surface area contributed by atoms with E-state index in [0.29, 0.717) is 29.7 Å². The molecule has 1 aliphatic rings. The summed E-state index contributed by atoms with van der Waals surface area (Å²) in [6.07, 6.45) is 0.943. The molecule has 2 atom stereocenters. The highest BCUT2D eigenvalue weighted by atomic mass is 35.5. The summed E-state index contributed by atoms with van der Waals surface area (Å²) in [5.74, 6) is -0.0741. The summed E-state index contributed by atoms with van der Waals surface area (Å²) in [7, 11) is -3.08. The topological polar surface area (TPSA) is 55.4 Å². The van der Waals surface area contributed by atoms with Crippen LogP contribution in [0.3, 0.4) is 0 Å². The van der Waals surface area contributed by atoms with E-state index in [0.717, 1.165) is 5.56 Å². The Morgan fingerprint density at radius 3 is 2.75 bits per heavy atom. The lowest BCUT2D eigenvalue weighted by molar-refractivity contribution is 0.0369. The van der Waals surface area contributed by atoms with Gasteiger partial charge in [-0.1, -0.05) is 29.3 Å². The van der Waals surface area contributed by atoms with E-state index in [1.807, 2.05) is 6.07 Å². The van der Waals surface area contributed by atoms with Gasteiger partial charge in [0.1, 0.15) is 9.84 Å². The lowest BCUT2D eigenvalue weighted by Gasteiger charge is -2.24. The van der Waals surface area contributed by atoms with Gasteiger partial charge in [0.15, 0.2) is 0 Å². The zero-order valence-corrected chi connectivity index (χ0v) is 13.4. The van der Waals surface area contributed by atoms with Gasteiger partial charge in [0.2, 0.25) is 0 Å². The highest BCUT2D eigenvalue weighted by molar-refractivity contribution is 7.90. The zero-order valence-electron chi connectivity index (χ0n) is 11.1. The number of hydrogen-bond donors (Lipinski definition) is 1. The van der Waals surface area contributed by atoms with Crippen LogP contribution in [-0.4, -0.2) is 40.1 Å². The predicted molar refractivity (Wildman–Crippen MR) is 81.2 cm³/mol. The van der Waals surface area contributed by atoms with Crippen molar-refractivity contribution in [2.75, 3.05) is 31.7 Å². The molecule has 112 valence electrons. The Labute approximate surface area is 129 Å². The molecule has 20 heavy (non-hydrogen) atoms. The summed E-state index contributed by atoms with van der Waals surface area (Å²) in [6.45, 7) is 1.83. The fourth-order valence-electron chi connectivity index (χ4n) is 2.38. The van der Waals surface area contributed by atoms with Gasteiger partial charge < -0.3 is 10.1 Å². The normalized spacial score (nSPS) is 24.4. The molecule has 7 heteroatoms. The Morgan fingerprint density at radius 1 is 1.35 bits per heavy atom. The van der Waals surface area contributed by atoms with Crippen LogP contribution in [-0.2, 0) is 14.6 Å². The standard InChI is InChI=1S/C13H17Cl2NO3S/c1-20(17,18)8-10-7-16-4-5-19-13(10)9-2-3-11(14)12(15)6-9/h2-3,6,10,13,16H,4-5,7-8H2,1H3/t10-,13?/m1/s1. The molecular formula is C13H17Cl2NO3S. The molecule has 0 amide bonds. The number of sulfone groups is 1. The van der Waals surface area contributed by atoms with Crippen LogP contribution < -0.4 is 5.32 Å². The Morgan fingerprint density at radius 2 is 2.10 bits per heavy atom. The molecule has 1 aromatic carbocycles. The number of benzene rings is 1. The van der Waals surface area contributed by atoms with Gasteiger partial charge in [-0.15, -0.1) is 0 Å². The Hall–Kier alpha value is -0.330. The second-order valence-corrected chi connectivity index (χ2v) is 8.02. The van der Waals surface area contributed by atoms with Crippen LogP contribution in [0.2, 0.25) is 10.0 Å². The number of halogens is 2. The molecule has 0 saturated carbocycles. The van der Waals surface area contributed by atoms with Gasteiger partial charge in [0, 0.05) is 25.3 Å². The van der Waals surface area contributed by atoms with Crippen molar-refractivity contribution in [2.24, 2.45) is 5.92 Å². The van der Waals surface area contributed by atoms with Crippen LogP contribution in [0.4, 0.5) is 0 Å². The van der Waals surface area contributed by atoms with Crippen LogP contribution in [0.15, 0.2) is 18.2 Å². The maximum Gasteiger partial charge on any atom is 0.147 e. The molecule has 0 aromatic heterocycles. The molecule has 4 nitrogen and oxygen atoms in total. The molecule has 1 fully saturated rings. The maximum atomic E-state index is 11.6. The molecule has 1 N–H and O–H groups in total. The molecular weight excluding hydrogens is 321 g/mol. The van der Waals surface area contributed by atoms with Crippen LogP contribution in [0.1, 0.15) is 11.7 Å². The highest BCUT2D eigenvalue weighted by Crippen LogP contribution is 2.32. The first-order valence-corrected chi connectivity index (χ1v) is 9.13. The SMILES string of the molecule is CS(=O)(=O)C[C@H]1CNCCOC1c1ccc(Cl)c(Cl)c1. The molecule has 1 heterocycles. The van der Waals surface area contributed by atoms with E-state index in [1.165, 1.54) is 6.26 Å². The maximum absolute atomic E-state index is 11.6. The first-order valence-electron chi connectivity index (χ1n) is 6.32. The smallest absolute Gasteiger partial charge is 0.147 e. The van der Waals surface area contributed by atoms with E-state index in [-0.39, 0.29) is 17.8 Å². The third-order valence-electron chi connectivity index (χ3n) is 3.20. The second-order valence-electron chi connectivity index (χ2n) is 5.02. The van der Waals surface area contributed by atoms with Gasteiger partial charge in [-0.05, 0) is 17.7 Å². The molecule has 1 saturated heterocycles. The number of nitrogens with one attached hydrogen (secondary N) is 1. The van der Waals surface area contributed by atoms with Crippen LogP contribution >= 0.6 is 23.2 Å². The van der Waals surface area contributed by atoms with Crippen LogP contribution in [0, 0.1) is 5.92 Å². The van der Waals surface area contributed by atoms with E-state index >= 15 is 0 Å². The lowest BCUT2D eigenvalue weighted by Crippen LogP contribution is -2.30. The predicted octanol–water partition coefficient (Wildman–Crippen LogP) is 2.32. The summed E-state index contributed by atoms with van der Waals surface area (Å²) < 4.78 is 29.0. The molecule has 1 aliphatic heterocycles. The average Bonchev–Trinajstić information content (AvgIpc) is 2.56. The minimum absolute atomic E-state index is 0.0743. The summed E-state index contributed by atoms with van der Waals surface area (Å²) in [6, 6.07) is 5.28. The minimum Gasteiger partial charge on any atom is -0.372 e. The van der Waals surface area contributed by atoms with Gasteiger partial charge in [-0.25, -0.2) is 8.42 Å². The molecule has 0 bridgehead atoms. The average molecular weight is 338 g/mol. The summed E-state index contributed by atoms with van der Waals surface area (Å²) in [4.78, 5) is 0. The van der Waals surface area contributed by atoms with Gasteiger partial charge in [0.05, 0.1) is 28.5 Å². The van der Waals surface area contributed by atoms with Gasteiger partial charge in [0.25, 0.3) is 0 Å². The van der Waals surface area contributed by atoms with E-state index < -0.39 is 9.84 Å². The highest BCUT2D eigenvalue weighted by Gasteiger charge is 2.29. The number of hydrogen-bond acceptors (Lipinski definition) is 4. The van der Waals surface area contributed by atoms with Crippen LogP contribution in [0.25, 0.3) is 0 Å². The summed E-state index contributed by atoms with van der Waals surface area (Å²) in [5, 5.41) is 4.12. The molecule has 1 unspecified atom stereocenters. The van der Waals surface area contributed by atoms with Crippen molar-refractivity contribution in [1.29, 1.82) is 0 Å². The fourth-order valence-corrected chi connectivity index (χ4v) is 3.76. The van der Waals surface area contributed by atoms with E-state index in [4.69, 9.17) is 27.9 Å². The third kappa shape index (κ3) is 4.33. The summed E-state index contributed by atoms with van der Waals surface area (Å²) >= 11 is 11.9.